The van der Waals surface area contributed by atoms with E-state index in [9.17, 15) is 9.59 Å². The number of likely N-dealkylation sites (N-methyl/N-ethyl adjacent to an activating group) is 1. The van der Waals surface area contributed by atoms with Crippen LogP contribution >= 0.6 is 11.6 Å². The Bertz CT molecular complexity index is 1100. The maximum absolute atomic E-state index is 13.3. The molecule has 0 aliphatic carbocycles. The second-order valence-corrected chi connectivity index (χ2v) is 8.35. The molecule has 1 aliphatic rings. The number of aromatic nitrogens is 2. The molecule has 174 valence electrons. The first-order valence-corrected chi connectivity index (χ1v) is 11.6. The maximum Gasteiger partial charge on any atom is 0.274 e. The smallest absolute Gasteiger partial charge is 0.274 e. The second kappa shape index (κ2) is 10.2. The highest BCUT2D eigenvalue weighted by molar-refractivity contribution is 6.30. The summed E-state index contributed by atoms with van der Waals surface area (Å²) < 4.78 is 7.26. The normalized spacial score (nSPS) is 14.5. The molecule has 1 fully saturated rings. The average Bonchev–Trinajstić information content (AvgIpc) is 3.50. The third kappa shape index (κ3) is 5.12. The van der Waals surface area contributed by atoms with Crippen LogP contribution in [-0.2, 0) is 4.79 Å². The van der Waals surface area contributed by atoms with Crippen LogP contribution in [0.1, 0.15) is 24.3 Å². The number of nitrogens with zero attached hydrogens (tertiary/aromatic N) is 5. The lowest BCUT2D eigenvalue weighted by Crippen LogP contribution is -2.51. The molecular formula is C24H28ClN5O3. The number of rotatable bonds is 7. The molecule has 9 heteroatoms. The van der Waals surface area contributed by atoms with Crippen molar-refractivity contribution >= 4 is 23.4 Å². The molecule has 0 bridgehead atoms. The quantitative estimate of drug-likeness (QED) is 0.530. The Morgan fingerprint density at radius 3 is 2.45 bits per heavy atom. The van der Waals surface area contributed by atoms with E-state index < -0.39 is 0 Å². The summed E-state index contributed by atoms with van der Waals surface area (Å²) in [5.41, 5.74) is 1.76. The van der Waals surface area contributed by atoms with Crippen molar-refractivity contribution < 1.29 is 14.0 Å². The van der Waals surface area contributed by atoms with Gasteiger partial charge in [0.15, 0.2) is 11.5 Å². The first-order valence-electron chi connectivity index (χ1n) is 11.2. The lowest BCUT2D eigenvalue weighted by molar-refractivity contribution is -0.132. The Hall–Kier alpha value is -3.10. The third-order valence-corrected chi connectivity index (χ3v) is 6.12. The van der Waals surface area contributed by atoms with E-state index in [0.29, 0.717) is 68.0 Å². The van der Waals surface area contributed by atoms with E-state index >= 15 is 0 Å². The van der Waals surface area contributed by atoms with Gasteiger partial charge in [-0.25, -0.2) is 4.68 Å². The number of carbonyl (C=O) groups excluding carboxylic acids is 2. The molecule has 33 heavy (non-hydrogen) atoms. The average molecular weight is 470 g/mol. The standard InChI is InChI=1S/C24H28ClN5O3/c1-3-28(4-2)23(31)17-27-10-12-29(13-11-27)24(32)20-16-21(22-9-6-14-33-22)30(26-20)19-8-5-7-18(25)15-19/h5-9,14-16H,3-4,10-13,17H2,1-2H3. The van der Waals surface area contributed by atoms with Gasteiger partial charge in [0.2, 0.25) is 5.91 Å². The molecule has 8 nitrogen and oxygen atoms in total. The van der Waals surface area contributed by atoms with Crippen LogP contribution in [0.5, 0.6) is 0 Å². The minimum absolute atomic E-state index is 0.128. The van der Waals surface area contributed by atoms with Gasteiger partial charge in [0.25, 0.3) is 5.91 Å². The fourth-order valence-corrected chi connectivity index (χ4v) is 4.21. The summed E-state index contributed by atoms with van der Waals surface area (Å²) in [6.07, 6.45) is 1.59. The minimum atomic E-state index is -0.140. The van der Waals surface area contributed by atoms with Gasteiger partial charge in [-0.2, -0.15) is 5.10 Å². The Balaban J connectivity index is 1.49. The van der Waals surface area contributed by atoms with E-state index in [-0.39, 0.29) is 11.8 Å². The number of benzene rings is 1. The summed E-state index contributed by atoms with van der Waals surface area (Å²) in [5.74, 6) is 0.600. The van der Waals surface area contributed by atoms with Gasteiger partial charge >= 0.3 is 0 Å². The molecular weight excluding hydrogens is 442 g/mol. The van der Waals surface area contributed by atoms with Crippen molar-refractivity contribution in [2.24, 2.45) is 0 Å². The van der Waals surface area contributed by atoms with Gasteiger partial charge in [0, 0.05) is 50.4 Å². The van der Waals surface area contributed by atoms with Crippen molar-refractivity contribution in [1.82, 2.24) is 24.5 Å². The Kier molecular flexibility index (Phi) is 7.15. The number of halogens is 1. The van der Waals surface area contributed by atoms with Crippen molar-refractivity contribution in [3.05, 3.63) is 59.4 Å². The van der Waals surface area contributed by atoms with E-state index in [2.05, 4.69) is 10.00 Å². The Morgan fingerprint density at radius 1 is 1.06 bits per heavy atom. The summed E-state index contributed by atoms with van der Waals surface area (Å²) in [6.45, 7) is 8.17. The third-order valence-electron chi connectivity index (χ3n) is 5.89. The summed E-state index contributed by atoms with van der Waals surface area (Å²) in [5, 5.41) is 5.18. The van der Waals surface area contributed by atoms with Crippen LogP contribution in [0.2, 0.25) is 5.02 Å². The topological polar surface area (TPSA) is 74.8 Å². The van der Waals surface area contributed by atoms with E-state index in [4.69, 9.17) is 16.0 Å². The molecule has 0 unspecified atom stereocenters. The molecule has 1 aliphatic heterocycles. The Labute approximate surface area is 198 Å². The highest BCUT2D eigenvalue weighted by atomic mass is 35.5. The predicted octanol–water partition coefficient (Wildman–Crippen LogP) is 3.41. The molecule has 0 atom stereocenters. The first kappa shape index (κ1) is 23.1. The summed E-state index contributed by atoms with van der Waals surface area (Å²) >= 11 is 6.18. The van der Waals surface area contributed by atoms with E-state index in [1.54, 1.807) is 40.1 Å². The van der Waals surface area contributed by atoms with Gasteiger partial charge in [0.05, 0.1) is 18.5 Å². The van der Waals surface area contributed by atoms with Crippen LogP contribution in [0.3, 0.4) is 0 Å². The van der Waals surface area contributed by atoms with E-state index in [0.717, 1.165) is 5.69 Å². The Morgan fingerprint density at radius 2 is 1.82 bits per heavy atom. The lowest BCUT2D eigenvalue weighted by Gasteiger charge is -2.34. The van der Waals surface area contributed by atoms with Crippen molar-refractivity contribution in [3.8, 4) is 17.1 Å². The summed E-state index contributed by atoms with van der Waals surface area (Å²) in [7, 11) is 0. The number of carbonyl (C=O) groups is 2. The zero-order chi connectivity index (χ0) is 23.4. The molecule has 1 saturated heterocycles. The van der Waals surface area contributed by atoms with Crippen LogP contribution in [0.4, 0.5) is 0 Å². The van der Waals surface area contributed by atoms with Crippen LogP contribution in [0, 0.1) is 0 Å². The van der Waals surface area contributed by atoms with Gasteiger partial charge < -0.3 is 14.2 Å². The van der Waals surface area contributed by atoms with E-state index in [1.165, 1.54) is 0 Å². The van der Waals surface area contributed by atoms with Crippen LogP contribution in [0.25, 0.3) is 17.1 Å². The molecule has 4 rings (SSSR count). The molecule has 0 spiro atoms. The molecule has 3 heterocycles. The lowest BCUT2D eigenvalue weighted by atomic mass is 10.2. The molecule has 0 radical (unpaired) electrons. The molecule has 1 aromatic carbocycles. The van der Waals surface area contributed by atoms with Crippen LogP contribution in [0.15, 0.2) is 53.1 Å². The SMILES string of the molecule is CCN(CC)C(=O)CN1CCN(C(=O)c2cc(-c3ccco3)n(-c3cccc(Cl)c3)n2)CC1. The molecule has 2 aromatic heterocycles. The number of hydrogen-bond acceptors (Lipinski definition) is 5. The summed E-state index contributed by atoms with van der Waals surface area (Å²) in [4.78, 5) is 31.4. The second-order valence-electron chi connectivity index (χ2n) is 7.92. The molecule has 3 aromatic rings. The van der Waals surface area contributed by atoms with E-state index in [1.807, 2.05) is 36.9 Å². The highest BCUT2D eigenvalue weighted by Crippen LogP contribution is 2.26. The minimum Gasteiger partial charge on any atom is -0.463 e. The highest BCUT2D eigenvalue weighted by Gasteiger charge is 2.27. The monoisotopic (exact) mass is 469 g/mol. The van der Waals surface area contributed by atoms with Crippen molar-refractivity contribution in [1.29, 1.82) is 0 Å². The predicted molar refractivity (Wildman–Crippen MR) is 127 cm³/mol. The van der Waals surface area contributed by atoms with Crippen molar-refractivity contribution in [3.63, 3.8) is 0 Å². The number of furan rings is 1. The fraction of sp³-hybridized carbons (Fsp3) is 0.375. The largest absolute Gasteiger partial charge is 0.463 e. The van der Waals surface area contributed by atoms with Gasteiger partial charge in [-0.3, -0.25) is 14.5 Å². The van der Waals surface area contributed by atoms with Crippen molar-refractivity contribution in [2.45, 2.75) is 13.8 Å². The molecule has 2 amide bonds. The van der Waals surface area contributed by atoms with Gasteiger partial charge in [0.1, 0.15) is 5.69 Å². The number of piperazine rings is 1. The van der Waals surface area contributed by atoms with Gasteiger partial charge in [-0.05, 0) is 44.2 Å². The number of hydrogen-bond donors (Lipinski definition) is 0. The first-order chi connectivity index (χ1) is 16.0. The zero-order valence-corrected chi connectivity index (χ0v) is 19.7. The fourth-order valence-electron chi connectivity index (χ4n) is 4.03. The van der Waals surface area contributed by atoms with Gasteiger partial charge in [-0.15, -0.1) is 0 Å². The van der Waals surface area contributed by atoms with Crippen LogP contribution < -0.4 is 0 Å². The zero-order valence-electron chi connectivity index (χ0n) is 18.9. The van der Waals surface area contributed by atoms with Crippen LogP contribution in [-0.4, -0.2) is 82.1 Å². The molecule has 0 saturated carbocycles. The summed E-state index contributed by atoms with van der Waals surface area (Å²) in [6, 6.07) is 12.7. The number of amides is 2. The molecule has 0 N–H and O–H groups in total. The van der Waals surface area contributed by atoms with Crippen molar-refractivity contribution in [2.75, 3.05) is 45.8 Å². The van der Waals surface area contributed by atoms with Gasteiger partial charge in [-0.1, -0.05) is 17.7 Å². The maximum atomic E-state index is 13.3.